The van der Waals surface area contributed by atoms with Gasteiger partial charge in [0.15, 0.2) is 0 Å². The van der Waals surface area contributed by atoms with Crippen LogP contribution < -0.4 is 5.32 Å². The number of nitrogens with one attached hydrogen (secondary N) is 1. The topological polar surface area (TPSA) is 47.6 Å². The number of halogens is 1. The van der Waals surface area contributed by atoms with Crippen LogP contribution in [0.4, 0.5) is 10.1 Å². The molecule has 1 aliphatic rings. The van der Waals surface area contributed by atoms with E-state index in [1.807, 2.05) is 0 Å². The molecule has 1 aromatic rings. The number of ether oxygens (including phenoxy) is 2. The van der Waals surface area contributed by atoms with Crippen molar-refractivity contribution in [3.05, 3.63) is 30.1 Å². The van der Waals surface area contributed by atoms with Crippen molar-refractivity contribution in [2.24, 2.45) is 5.92 Å². The van der Waals surface area contributed by atoms with Gasteiger partial charge in [-0.05, 0) is 38.0 Å². The lowest BCUT2D eigenvalue weighted by Gasteiger charge is -2.30. The summed E-state index contributed by atoms with van der Waals surface area (Å²) in [6.45, 7) is 3.35. The average Bonchev–Trinajstić information content (AvgIpc) is 2.46. The molecule has 2 rings (SSSR count). The van der Waals surface area contributed by atoms with Crippen LogP contribution in [-0.2, 0) is 14.3 Å². The zero-order valence-electron chi connectivity index (χ0n) is 11.6. The predicted molar refractivity (Wildman–Crippen MR) is 74.0 cm³/mol. The molecule has 0 spiro atoms. The molecule has 20 heavy (non-hydrogen) atoms. The Kier molecular flexibility index (Phi) is 5.35. The van der Waals surface area contributed by atoms with E-state index in [0.29, 0.717) is 18.9 Å². The molecular formula is C15H20FNO3. The molecule has 0 radical (unpaired) electrons. The normalized spacial score (nSPS) is 20.2. The second-order valence-corrected chi connectivity index (χ2v) is 4.86. The highest BCUT2D eigenvalue weighted by molar-refractivity contribution is 5.79. The van der Waals surface area contributed by atoms with Crippen LogP contribution in [0, 0.1) is 11.7 Å². The molecule has 1 fully saturated rings. The van der Waals surface area contributed by atoms with E-state index in [2.05, 4.69) is 5.32 Å². The molecule has 0 aromatic heterocycles. The molecule has 1 N–H and O–H groups in total. The third-order valence-electron chi connectivity index (χ3n) is 3.35. The number of hydrogen-bond acceptors (Lipinski definition) is 4. The standard InChI is InChI=1S/C15H20FNO3/c1-2-20-15(18)14(11-5-4-8-19-10-11)17-13-7-3-6-12(16)9-13/h3,6-7,9,11,14,17H,2,4-5,8,10H2,1H3. The van der Waals surface area contributed by atoms with E-state index in [9.17, 15) is 9.18 Å². The van der Waals surface area contributed by atoms with E-state index in [0.717, 1.165) is 19.4 Å². The molecule has 2 unspecified atom stereocenters. The van der Waals surface area contributed by atoms with Gasteiger partial charge in [0.2, 0.25) is 0 Å². The number of rotatable bonds is 5. The van der Waals surface area contributed by atoms with E-state index in [1.165, 1.54) is 12.1 Å². The first-order valence-electron chi connectivity index (χ1n) is 6.97. The third kappa shape index (κ3) is 3.93. The monoisotopic (exact) mass is 281 g/mol. The van der Waals surface area contributed by atoms with Gasteiger partial charge in [-0.2, -0.15) is 0 Å². The summed E-state index contributed by atoms with van der Waals surface area (Å²) in [5.74, 6) is -0.601. The highest BCUT2D eigenvalue weighted by Crippen LogP contribution is 2.22. The fraction of sp³-hybridized carbons (Fsp3) is 0.533. The molecule has 0 aliphatic carbocycles. The maximum absolute atomic E-state index is 13.2. The zero-order valence-corrected chi connectivity index (χ0v) is 11.6. The molecule has 1 saturated heterocycles. The lowest BCUT2D eigenvalue weighted by molar-refractivity contribution is -0.146. The highest BCUT2D eigenvalue weighted by Gasteiger charge is 2.31. The van der Waals surface area contributed by atoms with Crippen molar-refractivity contribution >= 4 is 11.7 Å². The molecular weight excluding hydrogens is 261 g/mol. The molecule has 1 aromatic carbocycles. The van der Waals surface area contributed by atoms with Crippen molar-refractivity contribution < 1.29 is 18.7 Å². The number of hydrogen-bond donors (Lipinski definition) is 1. The SMILES string of the molecule is CCOC(=O)C(Nc1cccc(F)c1)C1CCCOC1. The maximum Gasteiger partial charge on any atom is 0.328 e. The van der Waals surface area contributed by atoms with E-state index in [1.54, 1.807) is 19.1 Å². The lowest BCUT2D eigenvalue weighted by atomic mass is 9.93. The Morgan fingerprint density at radius 2 is 2.45 bits per heavy atom. The van der Waals surface area contributed by atoms with Crippen LogP contribution in [0.2, 0.25) is 0 Å². The van der Waals surface area contributed by atoms with Crippen molar-refractivity contribution in [2.45, 2.75) is 25.8 Å². The van der Waals surface area contributed by atoms with Crippen LogP contribution >= 0.6 is 0 Å². The number of carbonyl (C=O) groups excluding carboxylic acids is 1. The largest absolute Gasteiger partial charge is 0.464 e. The highest BCUT2D eigenvalue weighted by atomic mass is 19.1. The van der Waals surface area contributed by atoms with Gasteiger partial charge in [0.25, 0.3) is 0 Å². The summed E-state index contributed by atoms with van der Waals surface area (Å²) in [5, 5.41) is 3.08. The van der Waals surface area contributed by atoms with Crippen LogP contribution in [0.25, 0.3) is 0 Å². The van der Waals surface area contributed by atoms with E-state index < -0.39 is 6.04 Å². The van der Waals surface area contributed by atoms with Crippen LogP contribution in [0.1, 0.15) is 19.8 Å². The van der Waals surface area contributed by atoms with E-state index >= 15 is 0 Å². The minimum atomic E-state index is -0.503. The second kappa shape index (κ2) is 7.24. The van der Waals surface area contributed by atoms with Gasteiger partial charge in [0.1, 0.15) is 11.9 Å². The van der Waals surface area contributed by atoms with Crippen molar-refractivity contribution in [3.8, 4) is 0 Å². The number of esters is 1. The summed E-state index contributed by atoms with van der Waals surface area (Å²) in [4.78, 5) is 12.1. The molecule has 0 amide bonds. The molecule has 2 atom stereocenters. The zero-order chi connectivity index (χ0) is 14.4. The summed E-state index contributed by atoms with van der Waals surface area (Å²) in [7, 11) is 0. The number of carbonyl (C=O) groups is 1. The first-order valence-corrected chi connectivity index (χ1v) is 6.97. The summed E-state index contributed by atoms with van der Waals surface area (Å²) < 4.78 is 23.8. The van der Waals surface area contributed by atoms with Crippen LogP contribution in [-0.4, -0.2) is 31.8 Å². The molecule has 4 nitrogen and oxygen atoms in total. The molecule has 0 saturated carbocycles. The molecule has 5 heteroatoms. The Morgan fingerprint density at radius 1 is 1.60 bits per heavy atom. The maximum atomic E-state index is 13.2. The van der Waals surface area contributed by atoms with Crippen molar-refractivity contribution in [1.82, 2.24) is 0 Å². The van der Waals surface area contributed by atoms with Crippen molar-refractivity contribution in [1.29, 1.82) is 0 Å². The van der Waals surface area contributed by atoms with Crippen LogP contribution in [0.3, 0.4) is 0 Å². The summed E-state index contributed by atoms with van der Waals surface area (Å²) >= 11 is 0. The molecule has 0 bridgehead atoms. The Morgan fingerprint density at radius 3 is 3.10 bits per heavy atom. The van der Waals surface area contributed by atoms with Gasteiger partial charge in [0.05, 0.1) is 13.2 Å². The minimum Gasteiger partial charge on any atom is -0.464 e. The number of benzene rings is 1. The average molecular weight is 281 g/mol. The van der Waals surface area contributed by atoms with Gasteiger partial charge in [0, 0.05) is 18.2 Å². The third-order valence-corrected chi connectivity index (χ3v) is 3.35. The second-order valence-electron chi connectivity index (χ2n) is 4.86. The van der Waals surface area contributed by atoms with Crippen molar-refractivity contribution in [3.63, 3.8) is 0 Å². The minimum absolute atomic E-state index is 0.0473. The quantitative estimate of drug-likeness (QED) is 0.843. The molecule has 110 valence electrons. The van der Waals surface area contributed by atoms with E-state index in [4.69, 9.17) is 9.47 Å². The van der Waals surface area contributed by atoms with Crippen LogP contribution in [0.5, 0.6) is 0 Å². The van der Waals surface area contributed by atoms with E-state index in [-0.39, 0.29) is 17.7 Å². The predicted octanol–water partition coefficient (Wildman–Crippen LogP) is 2.60. The Hall–Kier alpha value is -1.62. The smallest absolute Gasteiger partial charge is 0.328 e. The lowest BCUT2D eigenvalue weighted by Crippen LogP contribution is -2.42. The van der Waals surface area contributed by atoms with Gasteiger partial charge in [-0.25, -0.2) is 9.18 Å². The summed E-state index contributed by atoms with van der Waals surface area (Å²) in [5.41, 5.74) is 0.577. The molecule has 1 heterocycles. The van der Waals surface area contributed by atoms with Gasteiger partial charge in [-0.3, -0.25) is 0 Å². The number of anilines is 1. The Balaban J connectivity index is 2.10. The van der Waals surface area contributed by atoms with Gasteiger partial charge >= 0.3 is 5.97 Å². The Labute approximate surface area is 118 Å². The first-order chi connectivity index (χ1) is 9.70. The van der Waals surface area contributed by atoms with Crippen molar-refractivity contribution in [2.75, 3.05) is 25.1 Å². The van der Waals surface area contributed by atoms with Gasteiger partial charge in [-0.15, -0.1) is 0 Å². The summed E-state index contributed by atoms with van der Waals surface area (Å²) in [6, 6.07) is 5.58. The van der Waals surface area contributed by atoms with Gasteiger partial charge < -0.3 is 14.8 Å². The fourth-order valence-electron chi connectivity index (χ4n) is 2.39. The van der Waals surface area contributed by atoms with Gasteiger partial charge in [-0.1, -0.05) is 6.07 Å². The summed E-state index contributed by atoms with van der Waals surface area (Å²) in [6.07, 6.45) is 1.82. The fourth-order valence-corrected chi connectivity index (χ4v) is 2.39. The molecule has 1 aliphatic heterocycles. The first kappa shape index (κ1) is 14.8. The Bertz CT molecular complexity index is 446. The van der Waals surface area contributed by atoms with Crippen LogP contribution in [0.15, 0.2) is 24.3 Å².